The number of aromatic carboxylic acids is 1. The molecule has 0 saturated carbocycles. The Hall–Kier alpha value is -4.13. The average Bonchev–Trinajstić information content (AvgIpc) is 2.76. The molecule has 0 fully saturated rings. The van der Waals surface area contributed by atoms with Gasteiger partial charge >= 0.3 is 5.97 Å². The van der Waals surface area contributed by atoms with Crippen molar-refractivity contribution in [2.45, 2.75) is 6.54 Å². The Kier molecular flexibility index (Phi) is 5.17. The number of hydrogen-bond acceptors (Lipinski definition) is 4. The highest BCUT2D eigenvalue weighted by Gasteiger charge is 2.25. The van der Waals surface area contributed by atoms with Gasteiger partial charge < -0.3 is 20.1 Å². The molecular formula is C23H18N2O5. The Morgan fingerprint density at radius 3 is 2.30 bits per heavy atom. The molecule has 7 heteroatoms. The SMILES string of the molecule is O=C(O)c1ccc(NC(=O)c2ccc(CN3C(=O)COc4ccccc43)cc2)cc1. The molecule has 4 rings (SSSR count). The van der Waals surface area contributed by atoms with Crippen LogP contribution in [0, 0.1) is 0 Å². The molecule has 0 spiro atoms. The fourth-order valence-corrected chi connectivity index (χ4v) is 3.17. The van der Waals surface area contributed by atoms with Crippen LogP contribution < -0.4 is 15.0 Å². The zero-order valence-corrected chi connectivity index (χ0v) is 15.9. The number of carbonyl (C=O) groups is 3. The maximum atomic E-state index is 12.4. The summed E-state index contributed by atoms with van der Waals surface area (Å²) in [6, 6.07) is 20.3. The van der Waals surface area contributed by atoms with Gasteiger partial charge in [0.2, 0.25) is 0 Å². The Balaban J connectivity index is 1.44. The van der Waals surface area contributed by atoms with Crippen molar-refractivity contribution in [3.05, 3.63) is 89.5 Å². The lowest BCUT2D eigenvalue weighted by molar-refractivity contribution is -0.121. The topological polar surface area (TPSA) is 95.9 Å². The molecule has 3 aromatic carbocycles. The summed E-state index contributed by atoms with van der Waals surface area (Å²) in [6.45, 7) is 0.371. The monoisotopic (exact) mass is 402 g/mol. The Morgan fingerprint density at radius 1 is 0.933 bits per heavy atom. The Labute approximate surface area is 172 Å². The molecule has 1 aliphatic rings. The van der Waals surface area contributed by atoms with E-state index in [9.17, 15) is 14.4 Å². The van der Waals surface area contributed by atoms with Crippen molar-refractivity contribution in [3.63, 3.8) is 0 Å². The predicted octanol–water partition coefficient (Wildman–Crippen LogP) is 3.56. The van der Waals surface area contributed by atoms with E-state index in [-0.39, 0.29) is 24.0 Å². The number of benzene rings is 3. The standard InChI is InChI=1S/C23H18N2O5/c26-21-14-30-20-4-2-1-3-19(20)25(21)13-15-5-7-16(8-6-15)22(27)24-18-11-9-17(10-12-18)23(28)29/h1-12H,13-14H2,(H,24,27)(H,28,29). The lowest BCUT2D eigenvalue weighted by Crippen LogP contribution is -2.38. The lowest BCUT2D eigenvalue weighted by atomic mass is 10.1. The summed E-state index contributed by atoms with van der Waals surface area (Å²) in [7, 11) is 0. The molecule has 0 unspecified atom stereocenters. The van der Waals surface area contributed by atoms with Crippen LogP contribution in [-0.4, -0.2) is 29.5 Å². The summed E-state index contributed by atoms with van der Waals surface area (Å²) in [5.74, 6) is -0.787. The number of carboxylic acid groups (broad SMARTS) is 1. The van der Waals surface area contributed by atoms with Crippen molar-refractivity contribution in [1.29, 1.82) is 0 Å². The van der Waals surface area contributed by atoms with Gasteiger partial charge in [0.15, 0.2) is 6.61 Å². The smallest absolute Gasteiger partial charge is 0.335 e. The second kappa shape index (κ2) is 8.08. The summed E-state index contributed by atoms with van der Waals surface area (Å²) < 4.78 is 5.45. The van der Waals surface area contributed by atoms with Crippen LogP contribution in [0.4, 0.5) is 11.4 Å². The van der Waals surface area contributed by atoms with Crippen LogP contribution in [0.5, 0.6) is 5.75 Å². The molecule has 7 nitrogen and oxygen atoms in total. The molecule has 0 bridgehead atoms. The van der Waals surface area contributed by atoms with Crippen molar-refractivity contribution in [1.82, 2.24) is 0 Å². The fraction of sp³-hybridized carbons (Fsp3) is 0.0870. The van der Waals surface area contributed by atoms with Crippen LogP contribution in [0.1, 0.15) is 26.3 Å². The molecule has 1 heterocycles. The van der Waals surface area contributed by atoms with Gasteiger partial charge in [0, 0.05) is 11.3 Å². The maximum absolute atomic E-state index is 12.4. The van der Waals surface area contributed by atoms with Gasteiger partial charge in [-0.2, -0.15) is 0 Å². The second-order valence-electron chi connectivity index (χ2n) is 6.77. The molecule has 0 radical (unpaired) electrons. The van der Waals surface area contributed by atoms with Gasteiger partial charge in [-0.05, 0) is 54.1 Å². The van der Waals surface area contributed by atoms with E-state index in [4.69, 9.17) is 9.84 Å². The first-order valence-corrected chi connectivity index (χ1v) is 9.27. The fourth-order valence-electron chi connectivity index (χ4n) is 3.17. The van der Waals surface area contributed by atoms with Crippen LogP contribution in [0.3, 0.4) is 0 Å². The van der Waals surface area contributed by atoms with Crippen LogP contribution >= 0.6 is 0 Å². The molecule has 0 saturated heterocycles. The largest absolute Gasteiger partial charge is 0.482 e. The van der Waals surface area contributed by atoms with Crippen molar-refractivity contribution in [2.75, 3.05) is 16.8 Å². The molecule has 30 heavy (non-hydrogen) atoms. The van der Waals surface area contributed by atoms with E-state index >= 15 is 0 Å². The van der Waals surface area contributed by atoms with E-state index in [1.807, 2.05) is 24.3 Å². The van der Waals surface area contributed by atoms with Crippen LogP contribution in [-0.2, 0) is 11.3 Å². The van der Waals surface area contributed by atoms with Gasteiger partial charge in [-0.25, -0.2) is 4.79 Å². The van der Waals surface area contributed by atoms with Crippen molar-refractivity contribution in [3.8, 4) is 5.75 Å². The maximum Gasteiger partial charge on any atom is 0.335 e. The molecule has 150 valence electrons. The highest BCUT2D eigenvalue weighted by atomic mass is 16.5. The normalized spacial score (nSPS) is 12.7. The minimum absolute atomic E-state index is 0.00181. The predicted molar refractivity (Wildman–Crippen MR) is 111 cm³/mol. The zero-order chi connectivity index (χ0) is 21.1. The first kappa shape index (κ1) is 19.2. The van der Waals surface area contributed by atoms with Crippen LogP contribution in [0.15, 0.2) is 72.8 Å². The van der Waals surface area contributed by atoms with Crippen molar-refractivity contribution >= 4 is 29.2 Å². The van der Waals surface area contributed by atoms with Crippen LogP contribution in [0.2, 0.25) is 0 Å². The highest BCUT2D eigenvalue weighted by Crippen LogP contribution is 2.32. The van der Waals surface area contributed by atoms with E-state index < -0.39 is 5.97 Å². The molecule has 0 aromatic heterocycles. The molecule has 2 amide bonds. The lowest BCUT2D eigenvalue weighted by Gasteiger charge is -2.29. The summed E-state index contributed by atoms with van der Waals surface area (Å²) in [5.41, 5.74) is 2.71. The molecule has 3 aromatic rings. The second-order valence-corrected chi connectivity index (χ2v) is 6.77. The molecule has 0 atom stereocenters. The van der Waals surface area contributed by atoms with E-state index in [1.165, 1.54) is 24.3 Å². The van der Waals surface area contributed by atoms with Crippen LogP contribution in [0.25, 0.3) is 0 Å². The van der Waals surface area contributed by atoms with Gasteiger partial charge in [0.05, 0.1) is 17.8 Å². The first-order valence-electron chi connectivity index (χ1n) is 9.27. The minimum atomic E-state index is -1.02. The summed E-state index contributed by atoms with van der Waals surface area (Å²) >= 11 is 0. The number of amides is 2. The number of fused-ring (bicyclic) bond motifs is 1. The van der Waals surface area contributed by atoms with Gasteiger partial charge in [0.1, 0.15) is 5.75 Å². The highest BCUT2D eigenvalue weighted by molar-refractivity contribution is 6.04. The number of hydrogen-bond donors (Lipinski definition) is 2. The van der Waals surface area contributed by atoms with E-state index in [2.05, 4.69) is 5.32 Å². The van der Waals surface area contributed by atoms with Crippen molar-refractivity contribution < 1.29 is 24.2 Å². The third-order valence-corrected chi connectivity index (χ3v) is 4.75. The Bertz CT molecular complexity index is 1110. The quantitative estimate of drug-likeness (QED) is 0.680. The van der Waals surface area contributed by atoms with E-state index in [1.54, 1.807) is 29.2 Å². The number of rotatable bonds is 5. The summed E-state index contributed by atoms with van der Waals surface area (Å²) in [4.78, 5) is 37.3. The number of nitrogens with zero attached hydrogens (tertiary/aromatic N) is 1. The van der Waals surface area contributed by atoms with Gasteiger partial charge in [-0.3, -0.25) is 9.59 Å². The minimum Gasteiger partial charge on any atom is -0.482 e. The van der Waals surface area contributed by atoms with E-state index in [0.717, 1.165) is 11.3 Å². The number of ether oxygens (including phenoxy) is 1. The Morgan fingerprint density at radius 2 is 1.60 bits per heavy atom. The van der Waals surface area contributed by atoms with E-state index in [0.29, 0.717) is 23.5 Å². The number of carbonyl (C=O) groups excluding carboxylic acids is 2. The van der Waals surface area contributed by atoms with Crippen molar-refractivity contribution in [2.24, 2.45) is 0 Å². The number of anilines is 2. The number of carboxylic acids is 1. The van der Waals surface area contributed by atoms with Gasteiger partial charge in [0.25, 0.3) is 11.8 Å². The molecular weight excluding hydrogens is 384 g/mol. The van der Waals surface area contributed by atoms with Gasteiger partial charge in [-0.1, -0.05) is 24.3 Å². The number of para-hydroxylation sites is 2. The average molecular weight is 402 g/mol. The van der Waals surface area contributed by atoms with Gasteiger partial charge in [-0.15, -0.1) is 0 Å². The third kappa shape index (κ3) is 4.00. The molecule has 2 N–H and O–H groups in total. The number of nitrogens with one attached hydrogen (secondary N) is 1. The summed E-state index contributed by atoms with van der Waals surface area (Å²) in [6.07, 6.45) is 0. The zero-order valence-electron chi connectivity index (χ0n) is 15.9. The molecule has 1 aliphatic heterocycles. The third-order valence-electron chi connectivity index (χ3n) is 4.75. The summed E-state index contributed by atoms with van der Waals surface area (Å²) in [5, 5.41) is 11.7. The first-order chi connectivity index (χ1) is 14.5. The molecule has 0 aliphatic carbocycles.